The van der Waals surface area contributed by atoms with Gasteiger partial charge in [-0.3, -0.25) is 9.59 Å². The zero-order valence-corrected chi connectivity index (χ0v) is 16.4. The molecular weight excluding hydrogens is 407 g/mol. The van der Waals surface area contributed by atoms with Crippen LogP contribution in [0.3, 0.4) is 0 Å². The Bertz CT molecular complexity index is 897. The van der Waals surface area contributed by atoms with Crippen molar-refractivity contribution in [3.8, 4) is 0 Å². The first kappa shape index (κ1) is 19.5. The molecule has 0 aliphatic heterocycles. The Morgan fingerprint density at radius 3 is 2.70 bits per heavy atom. The Morgan fingerprint density at radius 1 is 1.15 bits per heavy atom. The van der Waals surface area contributed by atoms with E-state index in [4.69, 9.17) is 0 Å². The number of thiophene rings is 1. The number of aromatic nitrogens is 2. The molecule has 6 nitrogen and oxygen atoms in total. The molecule has 0 spiro atoms. The van der Waals surface area contributed by atoms with Crippen molar-refractivity contribution in [1.82, 2.24) is 15.5 Å². The van der Waals surface area contributed by atoms with Crippen LogP contribution < -0.4 is 10.6 Å². The predicted molar refractivity (Wildman–Crippen MR) is 106 cm³/mol. The molecule has 3 rings (SSSR count). The van der Waals surface area contributed by atoms with Gasteiger partial charge < -0.3 is 10.6 Å². The molecule has 140 valence electrons. The molecule has 0 aliphatic carbocycles. The second-order valence-corrected chi connectivity index (χ2v) is 8.53. The highest BCUT2D eigenvalue weighted by molar-refractivity contribution is 8.01. The molecular formula is C17H15FN4O2S3. The van der Waals surface area contributed by atoms with Gasteiger partial charge in [0.15, 0.2) is 4.34 Å². The summed E-state index contributed by atoms with van der Waals surface area (Å²) in [6, 6.07) is 9.46. The van der Waals surface area contributed by atoms with Crippen LogP contribution in [0.2, 0.25) is 0 Å². The third-order valence-corrected chi connectivity index (χ3v) is 6.29. The summed E-state index contributed by atoms with van der Waals surface area (Å²) < 4.78 is 13.4. The average Bonchev–Trinajstić information content (AvgIpc) is 3.34. The molecule has 2 heterocycles. The first-order valence-corrected chi connectivity index (χ1v) is 10.6. The molecule has 0 bridgehead atoms. The van der Waals surface area contributed by atoms with Gasteiger partial charge in [0, 0.05) is 17.1 Å². The van der Waals surface area contributed by atoms with Gasteiger partial charge in [0.2, 0.25) is 10.9 Å². The number of rotatable bonds is 8. The third kappa shape index (κ3) is 6.12. The van der Waals surface area contributed by atoms with Gasteiger partial charge in [0.1, 0.15) is 5.82 Å². The molecule has 2 amide bonds. The maximum atomic E-state index is 12.9. The molecule has 0 unspecified atom stereocenters. The number of halogens is 1. The van der Waals surface area contributed by atoms with Crippen molar-refractivity contribution in [2.45, 2.75) is 10.8 Å². The Morgan fingerprint density at radius 2 is 1.96 bits per heavy atom. The van der Waals surface area contributed by atoms with Crippen LogP contribution >= 0.6 is 34.4 Å². The van der Waals surface area contributed by atoms with E-state index in [1.54, 1.807) is 11.3 Å². The maximum absolute atomic E-state index is 12.9. The number of anilines is 1. The topological polar surface area (TPSA) is 84.0 Å². The molecule has 2 aromatic heterocycles. The van der Waals surface area contributed by atoms with Gasteiger partial charge in [-0.25, -0.2) is 4.39 Å². The Labute approximate surface area is 167 Å². The second kappa shape index (κ2) is 9.58. The van der Waals surface area contributed by atoms with Gasteiger partial charge in [-0.15, -0.1) is 21.5 Å². The van der Waals surface area contributed by atoms with Gasteiger partial charge >= 0.3 is 0 Å². The fourth-order valence-corrected chi connectivity index (χ4v) is 4.32. The standard InChI is InChI=1S/C17H15FN4O2S3/c18-11-3-5-12(6-4-11)20-15(24)16-21-22-17(27-16)26-10-14(23)19-8-7-13-2-1-9-25-13/h1-6,9H,7-8,10H2,(H,19,23)(H,20,24). The highest BCUT2D eigenvalue weighted by atomic mass is 32.2. The number of nitrogens with zero attached hydrogens (tertiary/aromatic N) is 2. The number of amides is 2. The highest BCUT2D eigenvalue weighted by Crippen LogP contribution is 2.23. The van der Waals surface area contributed by atoms with Crippen molar-refractivity contribution in [3.05, 3.63) is 57.5 Å². The van der Waals surface area contributed by atoms with Gasteiger partial charge in [-0.1, -0.05) is 29.2 Å². The summed E-state index contributed by atoms with van der Waals surface area (Å²) >= 11 is 3.99. The monoisotopic (exact) mass is 422 g/mol. The molecule has 1 aromatic carbocycles. The van der Waals surface area contributed by atoms with Crippen molar-refractivity contribution in [3.63, 3.8) is 0 Å². The lowest BCUT2D eigenvalue weighted by Crippen LogP contribution is -2.27. The Balaban J connectivity index is 1.42. The van der Waals surface area contributed by atoms with E-state index < -0.39 is 5.91 Å². The van der Waals surface area contributed by atoms with E-state index in [9.17, 15) is 14.0 Å². The minimum Gasteiger partial charge on any atom is -0.355 e. The van der Waals surface area contributed by atoms with Crippen LogP contribution in [0, 0.1) is 5.82 Å². The van der Waals surface area contributed by atoms with Crippen LogP contribution in [-0.4, -0.2) is 34.3 Å². The molecule has 0 fully saturated rings. The van der Waals surface area contributed by atoms with Gasteiger partial charge in [-0.05, 0) is 42.1 Å². The first-order valence-electron chi connectivity index (χ1n) is 7.92. The first-order chi connectivity index (χ1) is 13.1. The Kier molecular flexibility index (Phi) is 6.91. The van der Waals surface area contributed by atoms with Crippen LogP contribution in [0.15, 0.2) is 46.1 Å². The largest absolute Gasteiger partial charge is 0.355 e. The number of thioether (sulfide) groups is 1. The highest BCUT2D eigenvalue weighted by Gasteiger charge is 2.14. The summed E-state index contributed by atoms with van der Waals surface area (Å²) in [6.07, 6.45) is 0.806. The lowest BCUT2D eigenvalue weighted by atomic mass is 10.3. The number of hydrogen-bond donors (Lipinski definition) is 2. The molecule has 0 aliphatic rings. The van der Waals surface area contributed by atoms with Crippen molar-refractivity contribution >= 4 is 51.9 Å². The molecule has 27 heavy (non-hydrogen) atoms. The molecule has 2 N–H and O–H groups in total. The summed E-state index contributed by atoms with van der Waals surface area (Å²) in [5, 5.41) is 15.4. The summed E-state index contributed by atoms with van der Waals surface area (Å²) in [6.45, 7) is 0.585. The molecule has 0 radical (unpaired) electrons. The van der Waals surface area contributed by atoms with E-state index in [2.05, 4.69) is 20.8 Å². The van der Waals surface area contributed by atoms with Crippen molar-refractivity contribution < 1.29 is 14.0 Å². The van der Waals surface area contributed by atoms with Crippen LogP contribution in [0.5, 0.6) is 0 Å². The van der Waals surface area contributed by atoms with E-state index in [0.29, 0.717) is 16.6 Å². The second-order valence-electron chi connectivity index (χ2n) is 5.30. The fraction of sp³-hybridized carbons (Fsp3) is 0.176. The van der Waals surface area contributed by atoms with Gasteiger partial charge in [0.05, 0.1) is 5.75 Å². The van der Waals surface area contributed by atoms with Crippen molar-refractivity contribution in [1.29, 1.82) is 0 Å². The van der Waals surface area contributed by atoms with Crippen LogP contribution in [0.1, 0.15) is 14.7 Å². The Hall–Kier alpha value is -2.30. The quantitative estimate of drug-likeness (QED) is 0.543. The summed E-state index contributed by atoms with van der Waals surface area (Å²) in [5.74, 6) is -0.690. The number of benzene rings is 1. The van der Waals surface area contributed by atoms with E-state index in [-0.39, 0.29) is 22.5 Å². The van der Waals surface area contributed by atoms with Gasteiger partial charge in [0.25, 0.3) is 5.91 Å². The molecule has 3 aromatic rings. The zero-order chi connectivity index (χ0) is 19.1. The normalized spacial score (nSPS) is 10.6. The molecule has 10 heteroatoms. The van der Waals surface area contributed by atoms with Crippen molar-refractivity contribution in [2.24, 2.45) is 0 Å². The molecule has 0 atom stereocenters. The van der Waals surface area contributed by atoms with Gasteiger partial charge in [-0.2, -0.15) is 0 Å². The predicted octanol–water partition coefficient (Wildman–Crippen LogP) is 3.44. The summed E-state index contributed by atoms with van der Waals surface area (Å²) in [4.78, 5) is 25.2. The minimum atomic E-state index is -0.425. The van der Waals surface area contributed by atoms with E-state index >= 15 is 0 Å². The zero-order valence-electron chi connectivity index (χ0n) is 14.0. The number of nitrogens with one attached hydrogen (secondary N) is 2. The van der Waals surface area contributed by atoms with Crippen LogP contribution in [0.25, 0.3) is 0 Å². The van der Waals surface area contributed by atoms with Crippen LogP contribution in [-0.2, 0) is 11.2 Å². The fourth-order valence-electron chi connectivity index (χ4n) is 2.04. The average molecular weight is 423 g/mol. The van der Waals surface area contributed by atoms with E-state index in [1.807, 2.05) is 17.5 Å². The lowest BCUT2D eigenvalue weighted by molar-refractivity contribution is -0.118. The number of carbonyl (C=O) groups excluding carboxylic acids is 2. The minimum absolute atomic E-state index is 0.0935. The van der Waals surface area contributed by atoms with Crippen molar-refractivity contribution in [2.75, 3.05) is 17.6 Å². The number of carbonyl (C=O) groups is 2. The van der Waals surface area contributed by atoms with E-state index in [0.717, 1.165) is 17.8 Å². The smallest absolute Gasteiger partial charge is 0.286 e. The number of hydrogen-bond acceptors (Lipinski definition) is 7. The molecule has 0 saturated carbocycles. The summed E-state index contributed by atoms with van der Waals surface area (Å²) in [7, 11) is 0. The lowest BCUT2D eigenvalue weighted by Gasteiger charge is -2.02. The maximum Gasteiger partial charge on any atom is 0.286 e. The SMILES string of the molecule is O=C(CSc1nnc(C(=O)Nc2ccc(F)cc2)s1)NCCc1cccs1. The molecule has 0 saturated heterocycles. The van der Waals surface area contributed by atoms with Crippen LogP contribution in [0.4, 0.5) is 10.1 Å². The van der Waals surface area contributed by atoms with E-state index in [1.165, 1.54) is 40.9 Å². The summed E-state index contributed by atoms with van der Waals surface area (Å²) in [5.41, 5.74) is 0.468. The third-order valence-electron chi connectivity index (χ3n) is 3.30.